The minimum atomic E-state index is -4.11. The first kappa shape index (κ1) is 32.2. The normalized spacial score (nSPS) is 12.1. The number of nitrogens with one attached hydrogen (secondary N) is 1. The third-order valence-corrected chi connectivity index (χ3v) is 9.13. The molecule has 0 fully saturated rings. The Bertz CT molecular complexity index is 1400. The fourth-order valence-electron chi connectivity index (χ4n) is 4.51. The zero-order valence-electron chi connectivity index (χ0n) is 24.2. The molecule has 0 spiro atoms. The Hall–Kier alpha value is -3.36. The largest absolute Gasteiger partial charge is 0.354 e. The predicted octanol–water partition coefficient (Wildman–Crippen LogP) is 6.38. The first-order chi connectivity index (χ1) is 19.6. The lowest BCUT2D eigenvalue weighted by Gasteiger charge is -2.33. The van der Waals surface area contributed by atoms with Gasteiger partial charge in [0.15, 0.2) is 0 Å². The van der Waals surface area contributed by atoms with Crippen LogP contribution in [-0.2, 0) is 26.2 Å². The highest BCUT2D eigenvalue weighted by molar-refractivity contribution is 7.92. The molecule has 41 heavy (non-hydrogen) atoms. The number of sulfonamides is 1. The van der Waals surface area contributed by atoms with Gasteiger partial charge in [-0.05, 0) is 60.2 Å². The Morgan fingerprint density at radius 2 is 1.54 bits per heavy atom. The molecule has 0 saturated heterocycles. The monoisotopic (exact) mass is 597 g/mol. The maximum Gasteiger partial charge on any atom is 0.264 e. The molecule has 0 aromatic heterocycles. The minimum Gasteiger partial charge on any atom is -0.354 e. The lowest BCUT2D eigenvalue weighted by Crippen LogP contribution is -2.52. The Balaban J connectivity index is 2.05. The van der Waals surface area contributed by atoms with Crippen molar-refractivity contribution < 1.29 is 18.0 Å². The van der Waals surface area contributed by atoms with E-state index in [2.05, 4.69) is 19.2 Å². The van der Waals surface area contributed by atoms with E-state index < -0.39 is 28.5 Å². The third kappa shape index (κ3) is 8.33. The average molecular weight is 598 g/mol. The van der Waals surface area contributed by atoms with E-state index in [0.29, 0.717) is 29.2 Å². The number of hydrogen-bond acceptors (Lipinski definition) is 4. The van der Waals surface area contributed by atoms with Crippen LogP contribution in [0.2, 0.25) is 5.02 Å². The lowest BCUT2D eigenvalue weighted by atomic mass is 10.0. The second-order valence-corrected chi connectivity index (χ2v) is 12.5. The van der Waals surface area contributed by atoms with Crippen molar-refractivity contribution in [2.45, 2.75) is 70.4 Å². The summed E-state index contributed by atoms with van der Waals surface area (Å²) in [5.41, 5.74) is 2.08. The topological polar surface area (TPSA) is 86.8 Å². The number of rotatable bonds is 14. The molecule has 0 saturated carbocycles. The summed E-state index contributed by atoms with van der Waals surface area (Å²) in [5, 5.41) is 3.39. The van der Waals surface area contributed by atoms with E-state index in [4.69, 9.17) is 11.6 Å². The highest BCUT2D eigenvalue weighted by Gasteiger charge is 2.33. The Labute approximate surface area is 249 Å². The SMILES string of the molecule is CCCCNC(=O)[C@@H](CC)N(Cc1ccccc1Cl)C(=O)CN(c1ccc(C(C)C)cc1)S(=O)(=O)c1ccccc1. The Morgan fingerprint density at radius 3 is 2.12 bits per heavy atom. The van der Waals surface area contributed by atoms with E-state index in [1.165, 1.54) is 17.0 Å². The number of carbonyl (C=O) groups excluding carboxylic acids is 2. The van der Waals surface area contributed by atoms with Crippen LogP contribution in [0.15, 0.2) is 83.8 Å². The summed E-state index contributed by atoms with van der Waals surface area (Å²) in [5.74, 6) is -0.525. The van der Waals surface area contributed by atoms with Gasteiger partial charge in [0.1, 0.15) is 12.6 Å². The summed E-state index contributed by atoms with van der Waals surface area (Å²) in [6, 6.07) is 21.5. The molecular formula is C32H40ClN3O4S. The van der Waals surface area contributed by atoms with E-state index in [1.807, 2.05) is 32.0 Å². The summed E-state index contributed by atoms with van der Waals surface area (Å²) in [6.45, 7) is 8.05. The number of nitrogens with zero attached hydrogens (tertiary/aromatic N) is 2. The van der Waals surface area contributed by atoms with Crippen LogP contribution < -0.4 is 9.62 Å². The number of halogens is 1. The average Bonchev–Trinajstić information content (AvgIpc) is 2.97. The molecule has 2 amide bonds. The van der Waals surface area contributed by atoms with Gasteiger partial charge in [0.2, 0.25) is 11.8 Å². The zero-order valence-corrected chi connectivity index (χ0v) is 25.8. The van der Waals surface area contributed by atoms with Crippen LogP contribution in [-0.4, -0.2) is 44.3 Å². The van der Waals surface area contributed by atoms with Gasteiger partial charge in [-0.3, -0.25) is 13.9 Å². The summed E-state index contributed by atoms with van der Waals surface area (Å²) < 4.78 is 29.0. The molecule has 0 bridgehead atoms. The molecule has 0 radical (unpaired) electrons. The highest BCUT2D eigenvalue weighted by atomic mass is 35.5. The van der Waals surface area contributed by atoms with Gasteiger partial charge in [0, 0.05) is 18.1 Å². The summed E-state index contributed by atoms with van der Waals surface area (Å²) >= 11 is 6.45. The standard InChI is InChI=1S/C32H40ClN3O4S/c1-5-7-21-34-32(38)30(6-2)35(22-26-13-11-12-16-29(26)33)31(37)23-36(27-19-17-25(18-20-27)24(3)4)41(39,40)28-14-9-8-10-15-28/h8-20,24,30H,5-7,21-23H2,1-4H3,(H,34,38)/t30-/m1/s1. The molecular weight excluding hydrogens is 558 g/mol. The lowest BCUT2D eigenvalue weighted by molar-refractivity contribution is -0.140. The molecule has 3 rings (SSSR count). The molecule has 0 aliphatic carbocycles. The minimum absolute atomic E-state index is 0.0592. The van der Waals surface area contributed by atoms with Crippen LogP contribution in [0, 0.1) is 0 Å². The van der Waals surface area contributed by atoms with E-state index in [-0.39, 0.29) is 23.3 Å². The summed E-state index contributed by atoms with van der Waals surface area (Å²) in [7, 11) is -4.11. The van der Waals surface area contributed by atoms with Crippen molar-refractivity contribution in [2.24, 2.45) is 0 Å². The fourth-order valence-corrected chi connectivity index (χ4v) is 6.14. The van der Waals surface area contributed by atoms with Crippen LogP contribution in [0.5, 0.6) is 0 Å². The molecule has 1 N–H and O–H groups in total. The van der Waals surface area contributed by atoms with Crippen molar-refractivity contribution in [1.82, 2.24) is 10.2 Å². The maximum absolute atomic E-state index is 14.1. The van der Waals surface area contributed by atoms with E-state index >= 15 is 0 Å². The van der Waals surface area contributed by atoms with Crippen LogP contribution in [0.3, 0.4) is 0 Å². The van der Waals surface area contributed by atoms with Crippen molar-refractivity contribution in [3.63, 3.8) is 0 Å². The number of amides is 2. The first-order valence-corrected chi connectivity index (χ1v) is 15.9. The van der Waals surface area contributed by atoms with Crippen LogP contribution in [0.4, 0.5) is 5.69 Å². The summed E-state index contributed by atoms with van der Waals surface area (Å²) in [6.07, 6.45) is 2.08. The molecule has 1 atom stereocenters. The quantitative estimate of drug-likeness (QED) is 0.218. The molecule has 0 aliphatic rings. The fraction of sp³-hybridized carbons (Fsp3) is 0.375. The first-order valence-electron chi connectivity index (χ1n) is 14.1. The molecule has 7 nitrogen and oxygen atoms in total. The second kappa shape index (κ2) is 15.0. The van der Waals surface area contributed by atoms with Gasteiger partial charge in [0.05, 0.1) is 10.6 Å². The molecule has 3 aromatic carbocycles. The number of carbonyl (C=O) groups is 2. The molecule has 9 heteroatoms. The van der Waals surface area contributed by atoms with E-state index in [9.17, 15) is 18.0 Å². The molecule has 0 unspecified atom stereocenters. The van der Waals surface area contributed by atoms with Crippen LogP contribution in [0.1, 0.15) is 64.0 Å². The molecule has 220 valence electrons. The van der Waals surface area contributed by atoms with Crippen molar-refractivity contribution in [3.8, 4) is 0 Å². The Morgan fingerprint density at radius 1 is 0.902 bits per heavy atom. The molecule has 0 heterocycles. The van der Waals surface area contributed by atoms with E-state index in [0.717, 1.165) is 22.7 Å². The number of hydrogen-bond donors (Lipinski definition) is 1. The number of anilines is 1. The Kier molecular flexibility index (Phi) is 11.8. The summed E-state index contributed by atoms with van der Waals surface area (Å²) in [4.78, 5) is 28.9. The van der Waals surface area contributed by atoms with Gasteiger partial charge in [-0.1, -0.05) is 94.2 Å². The highest BCUT2D eigenvalue weighted by Crippen LogP contribution is 2.27. The van der Waals surface area contributed by atoms with Gasteiger partial charge in [-0.25, -0.2) is 8.42 Å². The second-order valence-electron chi connectivity index (χ2n) is 10.3. The number of unbranched alkanes of at least 4 members (excludes halogenated alkanes) is 1. The maximum atomic E-state index is 14.1. The third-order valence-electron chi connectivity index (χ3n) is 6.97. The number of benzene rings is 3. The van der Waals surface area contributed by atoms with Crippen molar-refractivity contribution in [2.75, 3.05) is 17.4 Å². The van der Waals surface area contributed by atoms with Gasteiger partial charge in [-0.15, -0.1) is 0 Å². The van der Waals surface area contributed by atoms with Crippen molar-refractivity contribution in [3.05, 3.63) is 95.0 Å². The van der Waals surface area contributed by atoms with Crippen molar-refractivity contribution >= 4 is 39.1 Å². The molecule has 3 aromatic rings. The van der Waals surface area contributed by atoms with Gasteiger partial charge < -0.3 is 10.2 Å². The van der Waals surface area contributed by atoms with Gasteiger partial charge in [0.25, 0.3) is 10.0 Å². The van der Waals surface area contributed by atoms with Crippen LogP contribution >= 0.6 is 11.6 Å². The van der Waals surface area contributed by atoms with Crippen molar-refractivity contribution in [1.29, 1.82) is 0 Å². The van der Waals surface area contributed by atoms with Gasteiger partial charge >= 0.3 is 0 Å². The predicted molar refractivity (Wildman–Crippen MR) is 166 cm³/mol. The van der Waals surface area contributed by atoms with Crippen LogP contribution in [0.25, 0.3) is 0 Å². The van der Waals surface area contributed by atoms with E-state index in [1.54, 1.807) is 48.5 Å². The smallest absolute Gasteiger partial charge is 0.264 e. The molecule has 0 aliphatic heterocycles. The van der Waals surface area contributed by atoms with Gasteiger partial charge in [-0.2, -0.15) is 0 Å². The zero-order chi connectivity index (χ0) is 30.0.